The van der Waals surface area contributed by atoms with Crippen LogP contribution < -0.4 is 11.1 Å². The molecule has 2 rings (SSSR count). The molecule has 1 heterocycles. The van der Waals surface area contributed by atoms with Gasteiger partial charge in [0.05, 0.1) is 0 Å². The smallest absolute Gasteiger partial charge is 0.189 e. The van der Waals surface area contributed by atoms with Crippen LogP contribution in [0.4, 0.5) is 0 Å². The Balaban J connectivity index is 1.73. The first-order chi connectivity index (χ1) is 7.74. The summed E-state index contributed by atoms with van der Waals surface area (Å²) in [6, 6.07) is 0. The van der Waals surface area contributed by atoms with Gasteiger partial charge in [-0.2, -0.15) is 5.10 Å². The Hall–Kier alpha value is -1.59. The molecule has 0 unspecified atom stereocenters. The molecule has 0 amide bonds. The van der Waals surface area contributed by atoms with E-state index in [0.29, 0.717) is 18.3 Å². The molecule has 1 aliphatic rings. The van der Waals surface area contributed by atoms with Gasteiger partial charge in [0.2, 0.25) is 0 Å². The Kier molecular flexibility index (Phi) is 3.38. The molecule has 0 bridgehead atoms. The maximum Gasteiger partial charge on any atom is 0.189 e. The molecule has 1 fully saturated rings. The van der Waals surface area contributed by atoms with Crippen molar-refractivity contribution in [1.29, 1.82) is 0 Å². The standard InChI is InChI=1S/C10H18N6/c1-16-7-14-9(15-16)6-13-10(11)12-5-8-3-2-4-8/h7-8H,2-6H2,1H3,(H3,11,12,13). The first kappa shape index (κ1) is 10.9. The van der Waals surface area contributed by atoms with E-state index in [2.05, 4.69) is 20.4 Å². The van der Waals surface area contributed by atoms with Crippen LogP contribution >= 0.6 is 0 Å². The zero-order valence-electron chi connectivity index (χ0n) is 9.56. The van der Waals surface area contributed by atoms with E-state index in [-0.39, 0.29) is 0 Å². The third-order valence-electron chi connectivity index (χ3n) is 2.83. The van der Waals surface area contributed by atoms with Gasteiger partial charge in [-0.05, 0) is 18.8 Å². The normalized spacial score (nSPS) is 17.2. The Bertz CT molecular complexity index is 365. The highest BCUT2D eigenvalue weighted by molar-refractivity contribution is 5.77. The van der Waals surface area contributed by atoms with Crippen molar-refractivity contribution >= 4 is 5.96 Å². The van der Waals surface area contributed by atoms with Gasteiger partial charge in [-0.15, -0.1) is 0 Å². The number of hydrogen-bond acceptors (Lipinski definition) is 3. The summed E-state index contributed by atoms with van der Waals surface area (Å²) >= 11 is 0. The van der Waals surface area contributed by atoms with Gasteiger partial charge in [-0.1, -0.05) is 6.42 Å². The minimum Gasteiger partial charge on any atom is -0.370 e. The molecular weight excluding hydrogens is 204 g/mol. The fourth-order valence-corrected chi connectivity index (χ4v) is 1.61. The van der Waals surface area contributed by atoms with Crippen molar-refractivity contribution < 1.29 is 0 Å². The molecule has 6 nitrogen and oxygen atoms in total. The second-order valence-corrected chi connectivity index (χ2v) is 4.21. The van der Waals surface area contributed by atoms with Crippen LogP contribution in [0.2, 0.25) is 0 Å². The van der Waals surface area contributed by atoms with E-state index in [1.165, 1.54) is 19.3 Å². The second kappa shape index (κ2) is 4.96. The summed E-state index contributed by atoms with van der Waals surface area (Å²) in [5, 5.41) is 7.25. The highest BCUT2D eigenvalue weighted by atomic mass is 15.3. The van der Waals surface area contributed by atoms with Crippen LogP contribution in [-0.2, 0) is 13.6 Å². The molecule has 0 spiro atoms. The van der Waals surface area contributed by atoms with E-state index in [1.54, 1.807) is 11.0 Å². The molecule has 1 saturated carbocycles. The summed E-state index contributed by atoms with van der Waals surface area (Å²) in [6.45, 7) is 1.37. The monoisotopic (exact) mass is 222 g/mol. The summed E-state index contributed by atoms with van der Waals surface area (Å²) in [5.41, 5.74) is 5.73. The zero-order chi connectivity index (χ0) is 11.4. The largest absolute Gasteiger partial charge is 0.370 e. The van der Waals surface area contributed by atoms with E-state index >= 15 is 0 Å². The molecular formula is C10H18N6. The van der Waals surface area contributed by atoms with Gasteiger partial charge in [-0.3, -0.25) is 4.68 Å². The van der Waals surface area contributed by atoms with Gasteiger partial charge < -0.3 is 11.1 Å². The number of aromatic nitrogens is 3. The van der Waals surface area contributed by atoms with Crippen LogP contribution in [0, 0.1) is 5.92 Å². The van der Waals surface area contributed by atoms with Gasteiger partial charge in [-0.25, -0.2) is 9.98 Å². The molecule has 0 aromatic carbocycles. The molecule has 3 N–H and O–H groups in total. The van der Waals surface area contributed by atoms with Crippen molar-refractivity contribution in [3.8, 4) is 0 Å². The van der Waals surface area contributed by atoms with Gasteiger partial charge in [0.1, 0.15) is 12.9 Å². The Morgan fingerprint density at radius 1 is 1.69 bits per heavy atom. The third kappa shape index (κ3) is 2.95. The second-order valence-electron chi connectivity index (χ2n) is 4.21. The van der Waals surface area contributed by atoms with Crippen molar-refractivity contribution in [2.24, 2.45) is 23.7 Å². The lowest BCUT2D eigenvalue weighted by Gasteiger charge is -2.25. The number of nitrogens with one attached hydrogen (secondary N) is 1. The van der Waals surface area contributed by atoms with Gasteiger partial charge in [0.15, 0.2) is 11.8 Å². The average Bonchev–Trinajstić information content (AvgIpc) is 2.59. The molecule has 0 radical (unpaired) electrons. The molecule has 0 atom stereocenters. The molecule has 0 saturated heterocycles. The maximum atomic E-state index is 5.73. The van der Waals surface area contributed by atoms with Crippen LogP contribution in [0.15, 0.2) is 11.3 Å². The first-order valence-electron chi connectivity index (χ1n) is 5.62. The van der Waals surface area contributed by atoms with E-state index in [9.17, 15) is 0 Å². The topological polar surface area (TPSA) is 81.1 Å². The molecule has 16 heavy (non-hydrogen) atoms. The van der Waals surface area contributed by atoms with Crippen LogP contribution in [0.3, 0.4) is 0 Å². The van der Waals surface area contributed by atoms with E-state index in [4.69, 9.17) is 5.73 Å². The Morgan fingerprint density at radius 2 is 2.50 bits per heavy atom. The summed E-state index contributed by atoms with van der Waals surface area (Å²) in [5.74, 6) is 1.96. The van der Waals surface area contributed by atoms with Crippen molar-refractivity contribution in [3.63, 3.8) is 0 Å². The summed E-state index contributed by atoms with van der Waals surface area (Å²) in [7, 11) is 1.83. The molecule has 0 aliphatic heterocycles. The van der Waals surface area contributed by atoms with E-state index < -0.39 is 0 Å². The van der Waals surface area contributed by atoms with Crippen LogP contribution in [0.25, 0.3) is 0 Å². The SMILES string of the molecule is Cn1cnc(CN=C(N)NCC2CCC2)n1. The maximum absolute atomic E-state index is 5.73. The highest BCUT2D eigenvalue weighted by Gasteiger charge is 2.16. The minimum atomic E-state index is 0.435. The van der Waals surface area contributed by atoms with Gasteiger partial charge in [0.25, 0.3) is 0 Å². The number of nitrogens with two attached hydrogens (primary N) is 1. The predicted molar refractivity (Wildman–Crippen MR) is 61.7 cm³/mol. The van der Waals surface area contributed by atoms with Gasteiger partial charge in [0, 0.05) is 13.6 Å². The number of aliphatic imine (C=N–C) groups is 1. The number of guanidine groups is 1. The van der Waals surface area contributed by atoms with E-state index in [1.807, 2.05) is 7.05 Å². The van der Waals surface area contributed by atoms with Crippen molar-refractivity contribution in [2.75, 3.05) is 6.54 Å². The quantitative estimate of drug-likeness (QED) is 0.556. The van der Waals surface area contributed by atoms with Crippen LogP contribution in [0.5, 0.6) is 0 Å². The summed E-state index contributed by atoms with van der Waals surface area (Å²) in [6.07, 6.45) is 5.62. The predicted octanol–water partition coefficient (Wildman–Crippen LogP) is 0.0195. The van der Waals surface area contributed by atoms with Crippen molar-refractivity contribution in [1.82, 2.24) is 20.1 Å². The lowest BCUT2D eigenvalue weighted by molar-refractivity contribution is 0.315. The van der Waals surface area contributed by atoms with Crippen molar-refractivity contribution in [2.45, 2.75) is 25.8 Å². The fourth-order valence-electron chi connectivity index (χ4n) is 1.61. The first-order valence-corrected chi connectivity index (χ1v) is 5.62. The highest BCUT2D eigenvalue weighted by Crippen LogP contribution is 2.24. The van der Waals surface area contributed by atoms with E-state index in [0.717, 1.165) is 12.5 Å². The Labute approximate surface area is 95.0 Å². The fraction of sp³-hybridized carbons (Fsp3) is 0.700. The van der Waals surface area contributed by atoms with Crippen LogP contribution in [-0.4, -0.2) is 27.3 Å². The molecule has 6 heteroatoms. The third-order valence-corrected chi connectivity index (χ3v) is 2.83. The number of nitrogens with zero attached hydrogens (tertiary/aromatic N) is 4. The molecule has 1 aromatic rings. The average molecular weight is 222 g/mol. The minimum absolute atomic E-state index is 0.435. The number of hydrogen-bond donors (Lipinski definition) is 2. The number of rotatable bonds is 4. The number of aryl methyl sites for hydroxylation is 1. The van der Waals surface area contributed by atoms with Gasteiger partial charge >= 0.3 is 0 Å². The summed E-state index contributed by atoms with van der Waals surface area (Å²) < 4.78 is 1.66. The Morgan fingerprint density at radius 3 is 3.06 bits per heavy atom. The molecule has 1 aliphatic carbocycles. The zero-order valence-corrected chi connectivity index (χ0v) is 9.56. The molecule has 88 valence electrons. The summed E-state index contributed by atoms with van der Waals surface area (Å²) in [4.78, 5) is 8.25. The molecule has 1 aromatic heterocycles. The lowest BCUT2D eigenvalue weighted by atomic mass is 9.85. The lowest BCUT2D eigenvalue weighted by Crippen LogP contribution is -2.37. The van der Waals surface area contributed by atoms with Crippen LogP contribution in [0.1, 0.15) is 25.1 Å². The van der Waals surface area contributed by atoms with Crippen molar-refractivity contribution in [3.05, 3.63) is 12.2 Å².